The third kappa shape index (κ3) is 3.50. The maximum absolute atomic E-state index is 5.64. The molecule has 0 atom stereocenters. The monoisotopic (exact) mass is 213 g/mol. The van der Waals surface area contributed by atoms with Crippen LogP contribution in [-0.4, -0.2) is 15.7 Å². The topological polar surface area (TPSA) is 37.8 Å². The van der Waals surface area contributed by atoms with E-state index in [1.165, 1.54) is 0 Å². The molecule has 0 unspecified atom stereocenters. The molecule has 0 aliphatic rings. The molecular formula is C10H16ClN3. The minimum Gasteiger partial charge on any atom is -0.364 e. The molecule has 4 heteroatoms. The first-order valence-electron chi connectivity index (χ1n) is 4.81. The Morgan fingerprint density at radius 1 is 1.36 bits per heavy atom. The van der Waals surface area contributed by atoms with E-state index >= 15 is 0 Å². The summed E-state index contributed by atoms with van der Waals surface area (Å²) in [5.41, 5.74) is 0.0528. The van der Waals surface area contributed by atoms with Crippen LogP contribution in [0.1, 0.15) is 33.6 Å². The van der Waals surface area contributed by atoms with Gasteiger partial charge in [0.05, 0.1) is 0 Å². The van der Waals surface area contributed by atoms with Gasteiger partial charge in [-0.05, 0) is 32.4 Å². The van der Waals surface area contributed by atoms with Crippen LogP contribution in [0.2, 0.25) is 5.15 Å². The van der Waals surface area contributed by atoms with Gasteiger partial charge in [-0.15, -0.1) is 10.2 Å². The van der Waals surface area contributed by atoms with E-state index in [0.29, 0.717) is 5.15 Å². The molecule has 1 rings (SSSR count). The Balaban J connectivity index is 2.64. The van der Waals surface area contributed by atoms with Crippen molar-refractivity contribution < 1.29 is 0 Å². The lowest BCUT2D eigenvalue weighted by Crippen LogP contribution is -2.30. The van der Waals surface area contributed by atoms with Crippen LogP contribution < -0.4 is 5.32 Å². The summed E-state index contributed by atoms with van der Waals surface area (Å²) in [7, 11) is 0. The molecule has 3 nitrogen and oxygen atoms in total. The lowest BCUT2D eigenvalue weighted by Gasteiger charge is -2.25. The zero-order chi connectivity index (χ0) is 10.6. The molecule has 0 saturated carbocycles. The van der Waals surface area contributed by atoms with Crippen LogP contribution in [0, 0.1) is 0 Å². The van der Waals surface area contributed by atoms with Crippen molar-refractivity contribution in [2.24, 2.45) is 0 Å². The smallest absolute Gasteiger partial charge is 0.151 e. The Hall–Kier alpha value is -0.830. The number of hydrogen-bond acceptors (Lipinski definition) is 3. The van der Waals surface area contributed by atoms with Crippen molar-refractivity contribution in [3.05, 3.63) is 17.3 Å². The Morgan fingerprint density at radius 2 is 2.07 bits per heavy atom. The van der Waals surface area contributed by atoms with E-state index in [1.54, 1.807) is 6.07 Å². The fraction of sp³-hybridized carbons (Fsp3) is 0.600. The van der Waals surface area contributed by atoms with Crippen LogP contribution in [0.5, 0.6) is 0 Å². The first-order chi connectivity index (χ1) is 6.53. The molecule has 14 heavy (non-hydrogen) atoms. The van der Waals surface area contributed by atoms with Gasteiger partial charge in [0.1, 0.15) is 5.82 Å². The largest absolute Gasteiger partial charge is 0.364 e. The highest BCUT2D eigenvalue weighted by Crippen LogP contribution is 2.17. The Labute approximate surface area is 89.9 Å². The number of nitrogens with one attached hydrogen (secondary N) is 1. The molecule has 1 heterocycles. The Bertz CT molecular complexity index is 282. The molecule has 0 amide bonds. The summed E-state index contributed by atoms with van der Waals surface area (Å²) in [5, 5.41) is 11.5. The molecule has 0 radical (unpaired) electrons. The fourth-order valence-corrected chi connectivity index (χ4v) is 1.52. The number of halogens is 1. The van der Waals surface area contributed by atoms with E-state index in [2.05, 4.69) is 36.3 Å². The summed E-state index contributed by atoms with van der Waals surface area (Å²) in [6, 6.07) is 3.58. The molecule has 78 valence electrons. The van der Waals surface area contributed by atoms with Crippen LogP contribution >= 0.6 is 11.6 Å². The predicted molar refractivity (Wildman–Crippen MR) is 59.7 cm³/mol. The van der Waals surface area contributed by atoms with Crippen LogP contribution in [0.3, 0.4) is 0 Å². The lowest BCUT2D eigenvalue weighted by molar-refractivity contribution is 0.508. The second-order valence-electron chi connectivity index (χ2n) is 4.00. The molecule has 0 saturated heterocycles. The first kappa shape index (κ1) is 11.2. The third-order valence-electron chi connectivity index (χ3n) is 1.97. The van der Waals surface area contributed by atoms with Gasteiger partial charge in [-0.25, -0.2) is 0 Å². The first-order valence-corrected chi connectivity index (χ1v) is 5.19. The molecule has 0 fully saturated rings. The number of anilines is 1. The van der Waals surface area contributed by atoms with Crippen molar-refractivity contribution in [3.63, 3.8) is 0 Å². The van der Waals surface area contributed by atoms with Crippen LogP contribution in [0.15, 0.2) is 12.1 Å². The highest BCUT2D eigenvalue weighted by atomic mass is 35.5. The van der Waals surface area contributed by atoms with Crippen molar-refractivity contribution in [2.75, 3.05) is 5.32 Å². The van der Waals surface area contributed by atoms with Gasteiger partial charge in [-0.1, -0.05) is 24.9 Å². The van der Waals surface area contributed by atoms with Crippen molar-refractivity contribution >= 4 is 17.4 Å². The average Bonchev–Trinajstić information content (AvgIpc) is 2.08. The van der Waals surface area contributed by atoms with Crippen molar-refractivity contribution in [1.29, 1.82) is 0 Å². The van der Waals surface area contributed by atoms with Crippen LogP contribution in [0.25, 0.3) is 0 Å². The summed E-state index contributed by atoms with van der Waals surface area (Å²) in [6.45, 7) is 6.45. The Kier molecular flexibility index (Phi) is 3.69. The normalized spacial score (nSPS) is 11.4. The molecule has 0 aromatic carbocycles. The second-order valence-corrected chi connectivity index (χ2v) is 4.39. The minimum atomic E-state index is 0.0528. The standard InChI is InChI=1S/C10H16ClN3/c1-4-7-10(2,3)12-9-6-5-8(11)13-14-9/h5-6H,4,7H2,1-3H3,(H,12,14). The van der Waals surface area contributed by atoms with E-state index in [1.807, 2.05) is 6.07 Å². The minimum absolute atomic E-state index is 0.0528. The molecule has 0 spiro atoms. The van der Waals surface area contributed by atoms with Crippen LogP contribution in [-0.2, 0) is 0 Å². The van der Waals surface area contributed by atoms with Gasteiger partial charge in [-0.2, -0.15) is 0 Å². The van der Waals surface area contributed by atoms with Gasteiger partial charge >= 0.3 is 0 Å². The van der Waals surface area contributed by atoms with Gasteiger partial charge in [0.2, 0.25) is 0 Å². The van der Waals surface area contributed by atoms with E-state index < -0.39 is 0 Å². The van der Waals surface area contributed by atoms with Gasteiger partial charge in [0, 0.05) is 5.54 Å². The van der Waals surface area contributed by atoms with Gasteiger partial charge in [0.15, 0.2) is 5.15 Å². The molecule has 0 bridgehead atoms. The highest BCUT2D eigenvalue weighted by molar-refractivity contribution is 6.29. The van der Waals surface area contributed by atoms with E-state index in [4.69, 9.17) is 11.6 Å². The maximum atomic E-state index is 5.64. The summed E-state index contributed by atoms with van der Waals surface area (Å²) < 4.78 is 0. The summed E-state index contributed by atoms with van der Waals surface area (Å²) in [5.74, 6) is 0.771. The maximum Gasteiger partial charge on any atom is 0.151 e. The summed E-state index contributed by atoms with van der Waals surface area (Å²) in [4.78, 5) is 0. The predicted octanol–water partition coefficient (Wildman–Crippen LogP) is 3.12. The number of aromatic nitrogens is 2. The second kappa shape index (κ2) is 4.60. The molecule has 1 aromatic rings. The highest BCUT2D eigenvalue weighted by Gasteiger charge is 2.16. The molecule has 1 N–H and O–H groups in total. The number of nitrogens with zero attached hydrogens (tertiary/aromatic N) is 2. The summed E-state index contributed by atoms with van der Waals surface area (Å²) >= 11 is 5.64. The molecule has 1 aromatic heterocycles. The average molecular weight is 214 g/mol. The van der Waals surface area contributed by atoms with Gasteiger partial charge in [-0.3, -0.25) is 0 Å². The Morgan fingerprint density at radius 3 is 2.57 bits per heavy atom. The third-order valence-corrected chi connectivity index (χ3v) is 2.18. The summed E-state index contributed by atoms with van der Waals surface area (Å²) in [6.07, 6.45) is 2.23. The fourth-order valence-electron chi connectivity index (χ4n) is 1.42. The van der Waals surface area contributed by atoms with E-state index in [-0.39, 0.29) is 5.54 Å². The van der Waals surface area contributed by atoms with Gasteiger partial charge < -0.3 is 5.32 Å². The van der Waals surface area contributed by atoms with E-state index in [0.717, 1.165) is 18.7 Å². The van der Waals surface area contributed by atoms with Crippen LogP contribution in [0.4, 0.5) is 5.82 Å². The number of hydrogen-bond donors (Lipinski definition) is 1. The zero-order valence-electron chi connectivity index (χ0n) is 8.84. The SMILES string of the molecule is CCCC(C)(C)Nc1ccc(Cl)nn1. The number of rotatable bonds is 4. The lowest BCUT2D eigenvalue weighted by atomic mass is 9.99. The van der Waals surface area contributed by atoms with Crippen molar-refractivity contribution in [1.82, 2.24) is 10.2 Å². The van der Waals surface area contributed by atoms with Crippen molar-refractivity contribution in [3.8, 4) is 0 Å². The quantitative estimate of drug-likeness (QED) is 0.835. The zero-order valence-corrected chi connectivity index (χ0v) is 9.60. The van der Waals surface area contributed by atoms with E-state index in [9.17, 15) is 0 Å². The molecular weight excluding hydrogens is 198 g/mol. The molecule has 0 aliphatic heterocycles. The molecule has 0 aliphatic carbocycles. The van der Waals surface area contributed by atoms with Gasteiger partial charge in [0.25, 0.3) is 0 Å². The van der Waals surface area contributed by atoms with Crippen molar-refractivity contribution in [2.45, 2.75) is 39.2 Å².